The van der Waals surface area contributed by atoms with Crippen molar-refractivity contribution in [3.05, 3.63) is 237 Å². The van der Waals surface area contributed by atoms with Crippen molar-refractivity contribution in [2.24, 2.45) is 0 Å². The van der Waals surface area contributed by atoms with E-state index in [1.165, 1.54) is 64.5 Å². The van der Waals surface area contributed by atoms with Gasteiger partial charge in [0.15, 0.2) is 8.07 Å². The molecule has 0 N–H and O–H groups in total. The van der Waals surface area contributed by atoms with Crippen molar-refractivity contribution >= 4 is 67.4 Å². The fraction of sp³-hybridized carbons (Fsp3) is 0. The van der Waals surface area contributed by atoms with Crippen molar-refractivity contribution in [2.75, 3.05) is 4.90 Å². The number of fused-ring (bicyclic) bond motifs is 4. The van der Waals surface area contributed by atoms with Gasteiger partial charge in [-0.25, -0.2) is 0 Å². The third-order valence-electron chi connectivity index (χ3n) is 12.0. The predicted octanol–water partition coefficient (Wildman–Crippen LogP) is 12.3. The number of benzene rings is 10. The summed E-state index contributed by atoms with van der Waals surface area (Å²) in [4.78, 5) is 2.38. The first-order chi connectivity index (χ1) is 29.2. The first-order valence-electron chi connectivity index (χ1n) is 20.2. The maximum atomic E-state index is 6.60. The average Bonchev–Trinajstić information content (AvgIpc) is 3.31. The van der Waals surface area contributed by atoms with E-state index >= 15 is 0 Å². The highest BCUT2D eigenvalue weighted by atomic mass is 28.3. The van der Waals surface area contributed by atoms with Crippen LogP contribution in [0.4, 0.5) is 17.1 Å². The molecular weight excluding hydrogens is 731 g/mol. The lowest BCUT2D eigenvalue weighted by Crippen LogP contribution is -2.76. The van der Waals surface area contributed by atoms with Crippen LogP contribution in [-0.2, 0) is 0 Å². The van der Waals surface area contributed by atoms with E-state index in [9.17, 15) is 0 Å². The molecule has 11 rings (SSSR count). The standard InChI is InChI=1S/C56H39NOSi/c1-3-14-40(15-4-1)41-26-32-46(33-27-41)57(47-34-28-43(29-35-47)52-21-13-17-42-16-7-8-20-51(42)52)48-36-30-45-39-50(37-31-44(45)38-48)59(49-18-5-2-6-19-49)55-24-11-9-22-53(55)58-54-23-10-12-25-56(54)59/h1-39H. The summed E-state index contributed by atoms with van der Waals surface area (Å²) in [5.74, 6) is 1.88. The monoisotopic (exact) mass is 769 g/mol. The summed E-state index contributed by atoms with van der Waals surface area (Å²) < 4.78 is 6.60. The normalized spacial score (nSPS) is 12.7. The van der Waals surface area contributed by atoms with Gasteiger partial charge in [0.25, 0.3) is 0 Å². The fourth-order valence-electron chi connectivity index (χ4n) is 9.22. The molecule has 278 valence electrons. The Labute approximate surface area is 345 Å². The van der Waals surface area contributed by atoms with Gasteiger partial charge in [-0.3, -0.25) is 0 Å². The van der Waals surface area contributed by atoms with E-state index in [0.717, 1.165) is 28.6 Å². The lowest BCUT2D eigenvalue weighted by Gasteiger charge is -2.39. The Balaban J connectivity index is 1.05. The van der Waals surface area contributed by atoms with E-state index in [4.69, 9.17) is 4.74 Å². The molecule has 0 radical (unpaired) electrons. The summed E-state index contributed by atoms with van der Waals surface area (Å²) in [5, 5.41) is 10.1. The second kappa shape index (κ2) is 14.5. The van der Waals surface area contributed by atoms with Gasteiger partial charge in [-0.15, -0.1) is 0 Å². The predicted molar refractivity (Wildman–Crippen MR) is 251 cm³/mol. The van der Waals surface area contributed by atoms with Gasteiger partial charge in [0, 0.05) is 17.1 Å². The van der Waals surface area contributed by atoms with E-state index in [-0.39, 0.29) is 0 Å². The van der Waals surface area contributed by atoms with Crippen LogP contribution in [0.3, 0.4) is 0 Å². The highest BCUT2D eigenvalue weighted by Crippen LogP contribution is 2.39. The van der Waals surface area contributed by atoms with Crippen LogP contribution in [0.5, 0.6) is 11.5 Å². The Morgan fingerprint density at radius 1 is 0.322 bits per heavy atom. The molecule has 0 aliphatic carbocycles. The zero-order valence-electron chi connectivity index (χ0n) is 32.4. The van der Waals surface area contributed by atoms with E-state index in [1.54, 1.807) is 0 Å². The Morgan fingerprint density at radius 3 is 1.56 bits per heavy atom. The molecule has 3 heteroatoms. The minimum Gasteiger partial charge on any atom is -0.458 e. The van der Waals surface area contributed by atoms with Crippen molar-refractivity contribution in [3.8, 4) is 33.8 Å². The van der Waals surface area contributed by atoms with Gasteiger partial charge >= 0.3 is 0 Å². The molecule has 1 heterocycles. The van der Waals surface area contributed by atoms with Crippen LogP contribution in [0.1, 0.15) is 0 Å². The van der Waals surface area contributed by atoms with Crippen LogP contribution in [0.2, 0.25) is 0 Å². The molecule has 10 aromatic rings. The fourth-order valence-corrected chi connectivity index (χ4v) is 14.2. The molecule has 1 aliphatic rings. The van der Waals surface area contributed by atoms with Crippen LogP contribution >= 0.6 is 0 Å². The van der Waals surface area contributed by atoms with Crippen LogP contribution in [0.15, 0.2) is 237 Å². The van der Waals surface area contributed by atoms with Crippen LogP contribution in [0.25, 0.3) is 43.8 Å². The van der Waals surface area contributed by atoms with Gasteiger partial charge in [-0.2, -0.15) is 0 Å². The molecule has 0 unspecified atom stereocenters. The SMILES string of the molecule is c1ccc(-c2ccc(N(c3ccc(-c4cccc5ccccc45)cc3)c3ccc4cc([Si]5(c6ccccc6)c6ccccc6Oc6ccccc65)ccc4c3)cc2)cc1. The molecule has 59 heavy (non-hydrogen) atoms. The van der Waals surface area contributed by atoms with Crippen molar-refractivity contribution in [2.45, 2.75) is 0 Å². The van der Waals surface area contributed by atoms with E-state index in [1.807, 2.05) is 0 Å². The molecule has 1 aliphatic heterocycles. The second-order valence-electron chi connectivity index (χ2n) is 15.3. The molecule has 0 aromatic heterocycles. The lowest BCUT2D eigenvalue weighted by atomic mass is 9.98. The topological polar surface area (TPSA) is 12.5 Å². The quantitative estimate of drug-likeness (QED) is 0.150. The third-order valence-corrected chi connectivity index (χ3v) is 16.8. The molecule has 0 atom stereocenters. The van der Waals surface area contributed by atoms with Crippen LogP contribution in [-0.4, -0.2) is 8.07 Å². The van der Waals surface area contributed by atoms with Crippen molar-refractivity contribution in [1.29, 1.82) is 0 Å². The van der Waals surface area contributed by atoms with Gasteiger partial charge in [-0.1, -0.05) is 188 Å². The highest BCUT2D eigenvalue weighted by Gasteiger charge is 2.47. The minimum absolute atomic E-state index is 0.942. The van der Waals surface area contributed by atoms with Crippen molar-refractivity contribution in [1.82, 2.24) is 0 Å². The number of rotatable bonds is 7. The van der Waals surface area contributed by atoms with Gasteiger partial charge in [0.2, 0.25) is 0 Å². The van der Waals surface area contributed by atoms with E-state index < -0.39 is 8.07 Å². The maximum Gasteiger partial charge on any atom is 0.188 e. The number of hydrogen-bond acceptors (Lipinski definition) is 2. The van der Waals surface area contributed by atoms with Crippen molar-refractivity contribution < 1.29 is 4.74 Å². The third kappa shape index (κ3) is 5.94. The Morgan fingerprint density at radius 2 is 0.847 bits per heavy atom. The molecule has 0 saturated heterocycles. The zero-order chi connectivity index (χ0) is 39.2. The molecular formula is C56H39NOSi. The molecule has 10 aromatic carbocycles. The number of nitrogens with zero attached hydrogens (tertiary/aromatic N) is 1. The van der Waals surface area contributed by atoms with Gasteiger partial charge in [0.1, 0.15) is 11.5 Å². The second-order valence-corrected chi connectivity index (χ2v) is 19.0. The highest BCUT2D eigenvalue weighted by molar-refractivity contribution is 7.20. The number of anilines is 3. The molecule has 2 nitrogen and oxygen atoms in total. The smallest absolute Gasteiger partial charge is 0.188 e. The van der Waals surface area contributed by atoms with E-state index in [2.05, 4.69) is 241 Å². The molecule has 0 fully saturated rings. The summed E-state index contributed by atoms with van der Waals surface area (Å²) in [7, 11) is -2.75. The maximum absolute atomic E-state index is 6.60. The summed E-state index contributed by atoms with van der Waals surface area (Å²) >= 11 is 0. The van der Waals surface area contributed by atoms with Crippen molar-refractivity contribution in [3.63, 3.8) is 0 Å². The Hall–Kier alpha value is -7.46. The Bertz CT molecular complexity index is 3070. The number of para-hydroxylation sites is 2. The van der Waals surface area contributed by atoms with E-state index in [0.29, 0.717) is 0 Å². The average molecular weight is 770 g/mol. The lowest BCUT2D eigenvalue weighted by molar-refractivity contribution is 0.487. The minimum atomic E-state index is -2.75. The first-order valence-corrected chi connectivity index (χ1v) is 22.2. The van der Waals surface area contributed by atoms with Crippen LogP contribution in [0, 0.1) is 0 Å². The summed E-state index contributed by atoms with van der Waals surface area (Å²) in [6.45, 7) is 0. The first kappa shape index (κ1) is 34.8. The molecule has 0 spiro atoms. The number of hydrogen-bond donors (Lipinski definition) is 0. The zero-order valence-corrected chi connectivity index (χ0v) is 33.4. The summed E-state index contributed by atoms with van der Waals surface area (Å²) in [6, 6.07) is 86.1. The van der Waals surface area contributed by atoms with Crippen LogP contribution < -0.4 is 30.4 Å². The van der Waals surface area contributed by atoms with Gasteiger partial charge in [-0.05, 0) is 113 Å². The number of ether oxygens (including phenoxy) is 1. The Kier molecular flexibility index (Phi) is 8.53. The molecule has 0 bridgehead atoms. The summed E-state index contributed by atoms with van der Waals surface area (Å²) in [5.41, 5.74) is 8.14. The summed E-state index contributed by atoms with van der Waals surface area (Å²) in [6.07, 6.45) is 0. The largest absolute Gasteiger partial charge is 0.458 e. The molecule has 0 saturated carbocycles. The van der Waals surface area contributed by atoms with Gasteiger partial charge < -0.3 is 9.64 Å². The molecule has 0 amide bonds. The van der Waals surface area contributed by atoms with Gasteiger partial charge in [0.05, 0.1) is 0 Å².